The SMILES string of the molecule is Cc1nc(N)cc(-n2nccc2Nc2cccc3[nH]ncc23)n1. The lowest BCUT2D eigenvalue weighted by atomic mass is 10.2. The molecular formula is C15H14N8. The summed E-state index contributed by atoms with van der Waals surface area (Å²) >= 11 is 0. The Bertz CT molecular complexity index is 964. The van der Waals surface area contributed by atoms with E-state index in [4.69, 9.17) is 5.73 Å². The molecule has 114 valence electrons. The molecule has 0 aliphatic carbocycles. The Morgan fingerprint density at radius 3 is 3.00 bits per heavy atom. The molecule has 0 saturated heterocycles. The van der Waals surface area contributed by atoms with Crippen LogP contribution in [0.25, 0.3) is 16.7 Å². The van der Waals surface area contributed by atoms with Gasteiger partial charge in [0.1, 0.15) is 17.5 Å². The molecule has 8 nitrogen and oxygen atoms in total. The maximum absolute atomic E-state index is 5.80. The Morgan fingerprint density at radius 2 is 2.13 bits per heavy atom. The second kappa shape index (κ2) is 5.09. The predicted octanol–water partition coefficient (Wildman–Crippen LogP) is 2.17. The summed E-state index contributed by atoms with van der Waals surface area (Å²) < 4.78 is 1.68. The Labute approximate surface area is 131 Å². The van der Waals surface area contributed by atoms with Crippen LogP contribution in [0.15, 0.2) is 42.7 Å². The van der Waals surface area contributed by atoms with Crippen LogP contribution in [0.1, 0.15) is 5.82 Å². The number of benzene rings is 1. The van der Waals surface area contributed by atoms with Gasteiger partial charge in [-0.15, -0.1) is 0 Å². The highest BCUT2D eigenvalue weighted by molar-refractivity contribution is 5.92. The number of hydrogen-bond acceptors (Lipinski definition) is 6. The average Bonchev–Trinajstić information content (AvgIpc) is 3.15. The molecule has 0 atom stereocenters. The Kier molecular flexibility index (Phi) is 2.94. The van der Waals surface area contributed by atoms with Crippen molar-refractivity contribution in [1.82, 2.24) is 29.9 Å². The molecule has 0 aliphatic rings. The van der Waals surface area contributed by atoms with Crippen molar-refractivity contribution >= 4 is 28.2 Å². The van der Waals surface area contributed by atoms with E-state index in [1.807, 2.05) is 24.3 Å². The van der Waals surface area contributed by atoms with Crippen LogP contribution in [0.3, 0.4) is 0 Å². The highest BCUT2D eigenvalue weighted by atomic mass is 15.4. The van der Waals surface area contributed by atoms with Crippen molar-refractivity contribution in [3.63, 3.8) is 0 Å². The third kappa shape index (κ3) is 2.35. The lowest BCUT2D eigenvalue weighted by Gasteiger charge is -2.10. The molecule has 23 heavy (non-hydrogen) atoms. The molecule has 4 aromatic rings. The molecule has 0 saturated carbocycles. The topological polar surface area (TPSA) is 110 Å². The maximum Gasteiger partial charge on any atom is 0.161 e. The van der Waals surface area contributed by atoms with Crippen molar-refractivity contribution < 1.29 is 0 Å². The molecule has 8 heteroatoms. The van der Waals surface area contributed by atoms with Crippen LogP contribution in [0.2, 0.25) is 0 Å². The maximum atomic E-state index is 5.80. The molecule has 3 aromatic heterocycles. The van der Waals surface area contributed by atoms with E-state index in [2.05, 4.69) is 30.6 Å². The first-order chi connectivity index (χ1) is 11.2. The first-order valence-corrected chi connectivity index (χ1v) is 7.05. The van der Waals surface area contributed by atoms with Crippen molar-refractivity contribution in [2.45, 2.75) is 6.92 Å². The highest BCUT2D eigenvalue weighted by Gasteiger charge is 2.10. The molecule has 0 radical (unpaired) electrons. The second-order valence-electron chi connectivity index (χ2n) is 5.09. The normalized spacial score (nSPS) is 11.0. The summed E-state index contributed by atoms with van der Waals surface area (Å²) in [6.45, 7) is 1.79. The number of H-pyrrole nitrogens is 1. The van der Waals surface area contributed by atoms with Gasteiger partial charge < -0.3 is 11.1 Å². The molecular weight excluding hydrogens is 292 g/mol. The van der Waals surface area contributed by atoms with Gasteiger partial charge in [0.15, 0.2) is 5.82 Å². The van der Waals surface area contributed by atoms with E-state index in [0.29, 0.717) is 17.5 Å². The van der Waals surface area contributed by atoms with Crippen LogP contribution in [-0.4, -0.2) is 29.9 Å². The van der Waals surface area contributed by atoms with E-state index in [1.165, 1.54) is 0 Å². The number of hydrogen-bond donors (Lipinski definition) is 3. The molecule has 0 bridgehead atoms. The van der Waals surface area contributed by atoms with Gasteiger partial charge in [-0.25, -0.2) is 9.97 Å². The lowest BCUT2D eigenvalue weighted by molar-refractivity contribution is 0.837. The van der Waals surface area contributed by atoms with Crippen LogP contribution in [0, 0.1) is 6.92 Å². The Hall–Kier alpha value is -3.42. The van der Waals surface area contributed by atoms with Crippen molar-refractivity contribution in [3.8, 4) is 5.82 Å². The number of aromatic amines is 1. The minimum atomic E-state index is 0.408. The molecule has 4 rings (SSSR count). The summed E-state index contributed by atoms with van der Waals surface area (Å²) in [6.07, 6.45) is 3.48. The van der Waals surface area contributed by atoms with Crippen LogP contribution >= 0.6 is 0 Å². The minimum Gasteiger partial charge on any atom is -0.384 e. The minimum absolute atomic E-state index is 0.408. The van der Waals surface area contributed by atoms with Gasteiger partial charge in [-0.3, -0.25) is 5.10 Å². The van der Waals surface area contributed by atoms with E-state index >= 15 is 0 Å². The summed E-state index contributed by atoms with van der Waals surface area (Å²) in [6, 6.07) is 9.46. The molecule has 0 aliphatic heterocycles. The van der Waals surface area contributed by atoms with Crippen molar-refractivity contribution in [2.75, 3.05) is 11.1 Å². The van der Waals surface area contributed by atoms with Crippen LogP contribution in [0.5, 0.6) is 0 Å². The zero-order chi connectivity index (χ0) is 15.8. The van der Waals surface area contributed by atoms with Crippen molar-refractivity contribution in [3.05, 3.63) is 48.5 Å². The summed E-state index contributed by atoms with van der Waals surface area (Å²) in [7, 11) is 0. The first kappa shape index (κ1) is 13.3. The number of nitrogens with two attached hydrogens (primary N) is 1. The molecule has 0 amide bonds. The number of nitrogens with one attached hydrogen (secondary N) is 2. The number of fused-ring (bicyclic) bond motifs is 1. The number of aromatic nitrogens is 6. The summed E-state index contributed by atoms with van der Waals surface area (Å²) in [5.74, 6) is 2.39. The number of anilines is 3. The largest absolute Gasteiger partial charge is 0.384 e. The van der Waals surface area contributed by atoms with E-state index in [-0.39, 0.29) is 0 Å². The fourth-order valence-electron chi connectivity index (χ4n) is 2.48. The monoisotopic (exact) mass is 306 g/mol. The van der Waals surface area contributed by atoms with Gasteiger partial charge in [-0.2, -0.15) is 14.9 Å². The molecule has 1 aromatic carbocycles. The third-order valence-corrected chi connectivity index (χ3v) is 3.45. The van der Waals surface area contributed by atoms with Gasteiger partial charge in [0.2, 0.25) is 0 Å². The number of nitrogen functional groups attached to an aromatic ring is 1. The second-order valence-corrected chi connectivity index (χ2v) is 5.09. The number of nitrogens with zero attached hydrogens (tertiary/aromatic N) is 5. The summed E-state index contributed by atoms with van der Waals surface area (Å²) in [4.78, 5) is 8.47. The van der Waals surface area contributed by atoms with E-state index in [9.17, 15) is 0 Å². The molecule has 0 unspecified atom stereocenters. The fraction of sp³-hybridized carbons (Fsp3) is 0.0667. The quantitative estimate of drug-likeness (QED) is 0.535. The third-order valence-electron chi connectivity index (χ3n) is 3.45. The first-order valence-electron chi connectivity index (χ1n) is 7.05. The molecule has 4 N–H and O–H groups in total. The average molecular weight is 306 g/mol. The van der Waals surface area contributed by atoms with Crippen molar-refractivity contribution in [1.29, 1.82) is 0 Å². The Balaban J connectivity index is 1.77. The van der Waals surface area contributed by atoms with E-state index in [1.54, 1.807) is 30.1 Å². The van der Waals surface area contributed by atoms with Gasteiger partial charge in [0.05, 0.1) is 23.6 Å². The summed E-state index contributed by atoms with van der Waals surface area (Å²) in [5.41, 5.74) is 7.69. The van der Waals surface area contributed by atoms with E-state index < -0.39 is 0 Å². The highest BCUT2D eigenvalue weighted by Crippen LogP contribution is 2.26. The predicted molar refractivity (Wildman–Crippen MR) is 87.7 cm³/mol. The van der Waals surface area contributed by atoms with Crippen LogP contribution in [-0.2, 0) is 0 Å². The van der Waals surface area contributed by atoms with Gasteiger partial charge >= 0.3 is 0 Å². The molecule has 0 fully saturated rings. The number of rotatable bonds is 3. The van der Waals surface area contributed by atoms with Gasteiger partial charge in [0.25, 0.3) is 0 Å². The summed E-state index contributed by atoms with van der Waals surface area (Å²) in [5, 5.41) is 15.7. The van der Waals surface area contributed by atoms with E-state index in [0.717, 1.165) is 22.4 Å². The Morgan fingerprint density at radius 1 is 1.22 bits per heavy atom. The fourth-order valence-corrected chi connectivity index (χ4v) is 2.48. The zero-order valence-electron chi connectivity index (χ0n) is 12.4. The lowest BCUT2D eigenvalue weighted by Crippen LogP contribution is -2.07. The molecule has 0 spiro atoms. The molecule has 3 heterocycles. The van der Waals surface area contributed by atoms with Gasteiger partial charge in [-0.05, 0) is 19.1 Å². The van der Waals surface area contributed by atoms with Crippen molar-refractivity contribution in [2.24, 2.45) is 0 Å². The van der Waals surface area contributed by atoms with Crippen LogP contribution in [0.4, 0.5) is 17.3 Å². The standard InChI is InChI=1S/C15H14N8/c1-9-19-13(16)7-15(20-9)23-14(5-6-18-23)21-11-3-2-4-12-10(11)8-17-22-12/h2-8,21H,1H3,(H,17,22)(H2,16,19,20). The van der Waals surface area contributed by atoms with Gasteiger partial charge in [-0.1, -0.05) is 6.07 Å². The number of aryl methyl sites for hydroxylation is 1. The van der Waals surface area contributed by atoms with Gasteiger partial charge in [0, 0.05) is 17.5 Å². The van der Waals surface area contributed by atoms with Crippen LogP contribution < -0.4 is 11.1 Å². The smallest absolute Gasteiger partial charge is 0.161 e. The zero-order valence-corrected chi connectivity index (χ0v) is 12.4.